The average molecular weight is 375 g/mol. The van der Waals surface area contributed by atoms with E-state index in [0.717, 1.165) is 5.56 Å². The highest BCUT2D eigenvalue weighted by Gasteiger charge is 2.30. The van der Waals surface area contributed by atoms with Gasteiger partial charge in [0.1, 0.15) is 0 Å². The van der Waals surface area contributed by atoms with E-state index in [-0.39, 0.29) is 11.7 Å². The first-order chi connectivity index (χ1) is 12.0. The Morgan fingerprint density at radius 2 is 2.04 bits per heavy atom. The lowest BCUT2D eigenvalue weighted by molar-refractivity contribution is -0.121. The molecule has 0 radical (unpaired) electrons. The monoisotopic (exact) mass is 374 g/mol. The number of hydrogen-bond donors (Lipinski definition) is 1. The number of benzene rings is 2. The highest BCUT2D eigenvalue weighted by atomic mass is 35.5. The van der Waals surface area contributed by atoms with E-state index in [0.29, 0.717) is 26.5 Å². The topological polar surface area (TPSA) is 62.1 Å². The summed E-state index contributed by atoms with van der Waals surface area (Å²) in [6.45, 7) is 0. The minimum Gasteiger partial charge on any atom is -0.504 e. The first-order valence-electron chi connectivity index (χ1n) is 7.37. The molecule has 1 heterocycles. The fourth-order valence-corrected chi connectivity index (χ4v) is 3.39. The van der Waals surface area contributed by atoms with Crippen LogP contribution in [0.3, 0.4) is 0 Å². The van der Waals surface area contributed by atoms with Gasteiger partial charge in [0.05, 0.1) is 22.7 Å². The van der Waals surface area contributed by atoms with E-state index < -0.39 is 0 Å². The Morgan fingerprint density at radius 1 is 1.28 bits per heavy atom. The Bertz CT molecular complexity index is 896. The van der Waals surface area contributed by atoms with Crippen LogP contribution in [0.4, 0.5) is 5.69 Å². The van der Waals surface area contributed by atoms with E-state index in [9.17, 15) is 9.90 Å². The van der Waals surface area contributed by atoms with Gasteiger partial charge < -0.3 is 9.84 Å². The summed E-state index contributed by atoms with van der Waals surface area (Å²) in [5.74, 6) is 0.249. The molecule has 1 saturated heterocycles. The van der Waals surface area contributed by atoms with Crippen LogP contribution in [0.25, 0.3) is 6.08 Å². The van der Waals surface area contributed by atoms with Crippen molar-refractivity contribution in [2.24, 2.45) is 4.99 Å². The van der Waals surface area contributed by atoms with Gasteiger partial charge in [-0.05, 0) is 47.7 Å². The van der Waals surface area contributed by atoms with Gasteiger partial charge in [0.2, 0.25) is 0 Å². The van der Waals surface area contributed by atoms with Crippen molar-refractivity contribution in [3.05, 3.63) is 58.0 Å². The number of carbonyl (C=O) groups excluding carboxylic acids is 1. The fourth-order valence-electron chi connectivity index (χ4n) is 2.23. The largest absolute Gasteiger partial charge is 0.504 e. The Hall–Kier alpha value is -2.44. The second-order valence-electron chi connectivity index (χ2n) is 5.25. The number of amides is 1. The van der Waals surface area contributed by atoms with Crippen LogP contribution in [-0.4, -0.2) is 35.2 Å². The van der Waals surface area contributed by atoms with Crippen molar-refractivity contribution in [2.45, 2.75) is 0 Å². The molecule has 0 atom stereocenters. The van der Waals surface area contributed by atoms with Gasteiger partial charge in [-0.15, -0.1) is 0 Å². The first-order valence-corrected chi connectivity index (χ1v) is 8.57. The molecule has 0 aromatic heterocycles. The van der Waals surface area contributed by atoms with Crippen LogP contribution >= 0.6 is 23.4 Å². The number of ether oxygens (including phenoxy) is 1. The number of para-hydroxylation sites is 1. The second-order valence-corrected chi connectivity index (χ2v) is 6.67. The molecule has 0 saturated carbocycles. The third-order valence-corrected chi connectivity index (χ3v) is 4.95. The highest BCUT2D eigenvalue weighted by Crippen LogP contribution is 2.35. The number of phenols is 1. The van der Waals surface area contributed by atoms with E-state index in [4.69, 9.17) is 16.3 Å². The SMILES string of the molecule is COc1cc(/C=C2/SC(=Nc3ccccc3Cl)N(C)C2=O)ccc1O. The van der Waals surface area contributed by atoms with E-state index >= 15 is 0 Å². The number of methoxy groups -OCH3 is 1. The molecule has 2 aromatic carbocycles. The lowest BCUT2D eigenvalue weighted by atomic mass is 10.2. The molecule has 3 rings (SSSR count). The molecule has 1 fully saturated rings. The highest BCUT2D eigenvalue weighted by molar-refractivity contribution is 8.18. The smallest absolute Gasteiger partial charge is 0.266 e. The Labute approximate surface area is 154 Å². The normalized spacial score (nSPS) is 17.6. The number of phenolic OH excluding ortho intramolecular Hbond substituents is 1. The molecule has 1 amide bonds. The Kier molecular flexibility index (Phi) is 5.01. The van der Waals surface area contributed by atoms with E-state index in [2.05, 4.69) is 4.99 Å². The molecule has 0 spiro atoms. The van der Waals surface area contributed by atoms with Crippen molar-refractivity contribution in [2.75, 3.05) is 14.2 Å². The summed E-state index contributed by atoms with van der Waals surface area (Å²) < 4.78 is 5.09. The molecule has 5 nitrogen and oxygen atoms in total. The number of thioether (sulfide) groups is 1. The standard InChI is InChI=1S/C18H15ClN2O3S/c1-21-17(23)16(10-11-7-8-14(22)15(9-11)24-2)25-18(21)20-13-6-4-3-5-12(13)19/h3-10,22H,1-2H3/b16-10+,20-18?. The van der Waals surface area contributed by atoms with E-state index in [1.165, 1.54) is 29.8 Å². The zero-order valence-corrected chi connectivity index (χ0v) is 15.1. The van der Waals surface area contributed by atoms with Gasteiger partial charge in [-0.2, -0.15) is 0 Å². The molecule has 1 aliphatic heterocycles. The minimum absolute atomic E-state index is 0.0492. The van der Waals surface area contributed by atoms with Crippen molar-refractivity contribution >= 4 is 46.2 Å². The van der Waals surface area contributed by atoms with Crippen molar-refractivity contribution in [1.82, 2.24) is 4.90 Å². The molecule has 128 valence electrons. The lowest BCUT2D eigenvalue weighted by Gasteiger charge is -2.07. The maximum atomic E-state index is 12.5. The molecular weight excluding hydrogens is 360 g/mol. The van der Waals surface area contributed by atoms with Gasteiger partial charge in [-0.1, -0.05) is 29.8 Å². The third-order valence-electron chi connectivity index (χ3n) is 3.57. The third kappa shape index (κ3) is 3.65. The number of rotatable bonds is 3. The Morgan fingerprint density at radius 3 is 2.76 bits per heavy atom. The van der Waals surface area contributed by atoms with Crippen LogP contribution in [0.15, 0.2) is 52.4 Å². The van der Waals surface area contributed by atoms with Gasteiger partial charge in [-0.3, -0.25) is 9.69 Å². The number of nitrogens with zero attached hydrogens (tertiary/aromatic N) is 2. The van der Waals surface area contributed by atoms with Crippen LogP contribution in [-0.2, 0) is 4.79 Å². The van der Waals surface area contributed by atoms with Gasteiger partial charge in [0.25, 0.3) is 5.91 Å². The summed E-state index contributed by atoms with van der Waals surface area (Å²) >= 11 is 7.40. The maximum Gasteiger partial charge on any atom is 0.266 e. The lowest BCUT2D eigenvalue weighted by Crippen LogP contribution is -2.23. The maximum absolute atomic E-state index is 12.5. The number of aliphatic imine (C=N–C) groups is 1. The van der Waals surface area contributed by atoms with Gasteiger partial charge in [-0.25, -0.2) is 4.99 Å². The summed E-state index contributed by atoms with van der Waals surface area (Å²) in [7, 11) is 3.15. The summed E-state index contributed by atoms with van der Waals surface area (Å²) in [4.78, 5) is 18.9. The summed E-state index contributed by atoms with van der Waals surface area (Å²) in [6, 6.07) is 12.1. The van der Waals surface area contributed by atoms with Crippen molar-refractivity contribution in [3.8, 4) is 11.5 Å². The molecule has 1 aliphatic rings. The number of aromatic hydroxyl groups is 1. The zero-order chi connectivity index (χ0) is 18.0. The predicted octanol–water partition coefficient (Wildman–Crippen LogP) is 4.29. The predicted molar refractivity (Wildman–Crippen MR) is 102 cm³/mol. The molecule has 1 N–H and O–H groups in total. The first kappa shape index (κ1) is 17.4. The molecule has 25 heavy (non-hydrogen) atoms. The van der Waals surface area contributed by atoms with Crippen LogP contribution in [0.5, 0.6) is 11.5 Å². The summed E-state index contributed by atoms with van der Waals surface area (Å²) in [5.41, 5.74) is 1.36. The van der Waals surface area contributed by atoms with Crippen LogP contribution in [0.1, 0.15) is 5.56 Å². The fraction of sp³-hybridized carbons (Fsp3) is 0.111. The van der Waals surface area contributed by atoms with Crippen molar-refractivity contribution in [3.63, 3.8) is 0 Å². The quantitative estimate of drug-likeness (QED) is 0.814. The number of halogens is 1. The molecule has 0 aliphatic carbocycles. The Balaban J connectivity index is 1.92. The zero-order valence-electron chi connectivity index (χ0n) is 13.6. The average Bonchev–Trinajstić information content (AvgIpc) is 2.86. The van der Waals surface area contributed by atoms with Gasteiger partial charge in [0.15, 0.2) is 16.7 Å². The molecule has 2 aromatic rings. The van der Waals surface area contributed by atoms with E-state index in [1.807, 2.05) is 12.1 Å². The molecular formula is C18H15ClN2O3S. The molecule has 7 heteroatoms. The van der Waals surface area contributed by atoms with E-state index in [1.54, 1.807) is 37.4 Å². The van der Waals surface area contributed by atoms with Crippen molar-refractivity contribution < 1.29 is 14.6 Å². The summed E-state index contributed by atoms with van der Waals surface area (Å²) in [5, 5.41) is 10.7. The number of hydrogen-bond acceptors (Lipinski definition) is 5. The molecule has 0 unspecified atom stereocenters. The molecule has 0 bridgehead atoms. The van der Waals surface area contributed by atoms with Crippen molar-refractivity contribution in [1.29, 1.82) is 0 Å². The van der Waals surface area contributed by atoms with Crippen LogP contribution in [0, 0.1) is 0 Å². The van der Waals surface area contributed by atoms with Gasteiger partial charge in [0, 0.05) is 7.05 Å². The minimum atomic E-state index is -0.150. The number of amidine groups is 1. The number of carbonyl (C=O) groups is 1. The number of likely N-dealkylation sites (N-methyl/N-ethyl adjacent to an activating group) is 1. The second kappa shape index (κ2) is 7.21. The van der Waals surface area contributed by atoms with Crippen LogP contribution in [0.2, 0.25) is 5.02 Å². The van der Waals surface area contributed by atoms with Crippen LogP contribution < -0.4 is 4.74 Å². The summed E-state index contributed by atoms with van der Waals surface area (Å²) in [6.07, 6.45) is 1.74. The van der Waals surface area contributed by atoms with Gasteiger partial charge >= 0.3 is 0 Å².